The van der Waals surface area contributed by atoms with Crippen LogP contribution in [0.4, 0.5) is 11.4 Å². The number of ether oxygens (including phenoxy) is 2. The van der Waals surface area contributed by atoms with E-state index in [4.69, 9.17) is 9.47 Å². The lowest BCUT2D eigenvalue weighted by Gasteiger charge is -2.39. The normalized spacial score (nSPS) is 18.4. The van der Waals surface area contributed by atoms with Crippen LogP contribution in [0.5, 0.6) is 11.5 Å². The lowest BCUT2D eigenvalue weighted by molar-refractivity contribution is -0.00455. The van der Waals surface area contributed by atoms with Gasteiger partial charge < -0.3 is 9.47 Å². The van der Waals surface area contributed by atoms with E-state index in [-0.39, 0.29) is 0 Å². The SMILES string of the molecule is COc1ccc(N=NN2CCCN(CN3CCCN(N=Nc4ccc(OC)cc4)C3)C2)cc1. The molecule has 0 atom stereocenters. The molecule has 0 bridgehead atoms. The summed E-state index contributed by atoms with van der Waals surface area (Å²) in [6.07, 6.45) is 2.13. The number of nitrogens with zero attached hydrogens (tertiary/aromatic N) is 8. The summed E-state index contributed by atoms with van der Waals surface area (Å²) >= 11 is 0. The minimum atomic E-state index is 0.767. The molecule has 2 heterocycles. The van der Waals surface area contributed by atoms with Gasteiger partial charge in [0.2, 0.25) is 0 Å². The third-order valence-corrected chi connectivity index (χ3v) is 5.63. The average Bonchev–Trinajstić information content (AvgIpc) is 2.87. The van der Waals surface area contributed by atoms with E-state index in [9.17, 15) is 0 Å². The van der Waals surface area contributed by atoms with E-state index in [1.165, 1.54) is 0 Å². The van der Waals surface area contributed by atoms with Crippen molar-refractivity contribution in [2.45, 2.75) is 12.8 Å². The number of rotatable bonds is 8. The summed E-state index contributed by atoms with van der Waals surface area (Å²) in [5, 5.41) is 21.7. The molecule has 0 unspecified atom stereocenters. The predicted octanol–water partition coefficient (Wildman–Crippen LogP) is 4.29. The lowest BCUT2D eigenvalue weighted by Crippen LogP contribution is -2.51. The van der Waals surface area contributed by atoms with E-state index >= 15 is 0 Å². The molecule has 2 aromatic rings. The van der Waals surface area contributed by atoms with Gasteiger partial charge in [0.15, 0.2) is 0 Å². The molecule has 2 aromatic carbocycles. The summed E-state index contributed by atoms with van der Waals surface area (Å²) < 4.78 is 10.4. The van der Waals surface area contributed by atoms with Gasteiger partial charge in [0.05, 0.1) is 45.6 Å². The van der Waals surface area contributed by atoms with Gasteiger partial charge >= 0.3 is 0 Å². The Hall–Kier alpha value is -3.24. The molecule has 0 saturated carbocycles. The zero-order chi connectivity index (χ0) is 22.9. The molecular formula is C23H32N8O2. The maximum Gasteiger partial charge on any atom is 0.119 e. The van der Waals surface area contributed by atoms with Crippen molar-refractivity contribution < 1.29 is 9.47 Å². The quantitative estimate of drug-likeness (QED) is 0.556. The molecule has 0 radical (unpaired) electrons. The van der Waals surface area contributed by atoms with Crippen LogP contribution in [0.15, 0.2) is 69.2 Å². The number of benzene rings is 2. The lowest BCUT2D eigenvalue weighted by atomic mass is 10.3. The smallest absolute Gasteiger partial charge is 0.119 e. The summed E-state index contributed by atoms with van der Waals surface area (Å²) in [5.41, 5.74) is 1.64. The first-order valence-electron chi connectivity index (χ1n) is 11.3. The first kappa shape index (κ1) is 22.9. The van der Waals surface area contributed by atoms with Crippen molar-refractivity contribution in [3.63, 3.8) is 0 Å². The monoisotopic (exact) mass is 452 g/mol. The second-order valence-corrected chi connectivity index (χ2v) is 8.16. The molecule has 2 aliphatic heterocycles. The van der Waals surface area contributed by atoms with Crippen LogP contribution in [0.25, 0.3) is 0 Å². The van der Waals surface area contributed by atoms with Gasteiger partial charge in [0.25, 0.3) is 0 Å². The molecule has 4 rings (SSSR count). The summed E-state index contributed by atoms with van der Waals surface area (Å²) in [7, 11) is 3.31. The Morgan fingerprint density at radius 2 is 1.06 bits per heavy atom. The van der Waals surface area contributed by atoms with Crippen molar-refractivity contribution in [2.75, 3.05) is 60.4 Å². The Kier molecular flexibility index (Phi) is 8.04. The van der Waals surface area contributed by atoms with Gasteiger partial charge in [-0.2, -0.15) is 0 Å². The zero-order valence-electron chi connectivity index (χ0n) is 19.4. The molecule has 2 saturated heterocycles. The molecular weight excluding hydrogens is 420 g/mol. The number of methoxy groups -OCH3 is 2. The van der Waals surface area contributed by atoms with Gasteiger partial charge in [-0.05, 0) is 61.4 Å². The van der Waals surface area contributed by atoms with E-state index in [2.05, 4.69) is 30.5 Å². The van der Waals surface area contributed by atoms with Crippen LogP contribution in [0, 0.1) is 0 Å². The predicted molar refractivity (Wildman–Crippen MR) is 126 cm³/mol. The van der Waals surface area contributed by atoms with E-state index in [1.54, 1.807) is 14.2 Å². The Balaban J connectivity index is 1.26. The highest BCUT2D eigenvalue weighted by molar-refractivity contribution is 5.41. The van der Waals surface area contributed by atoms with Gasteiger partial charge in [-0.3, -0.25) is 19.8 Å². The van der Waals surface area contributed by atoms with Crippen LogP contribution in [0.3, 0.4) is 0 Å². The maximum absolute atomic E-state index is 5.19. The van der Waals surface area contributed by atoms with E-state index in [0.29, 0.717) is 0 Å². The fourth-order valence-corrected chi connectivity index (χ4v) is 3.89. The second kappa shape index (κ2) is 11.6. The molecule has 0 amide bonds. The molecule has 0 N–H and O–H groups in total. The Morgan fingerprint density at radius 3 is 1.45 bits per heavy atom. The van der Waals surface area contributed by atoms with E-state index in [0.717, 1.165) is 81.9 Å². The molecule has 0 spiro atoms. The average molecular weight is 453 g/mol. The molecule has 176 valence electrons. The van der Waals surface area contributed by atoms with E-state index in [1.807, 2.05) is 58.5 Å². The Labute approximate surface area is 195 Å². The third kappa shape index (κ3) is 6.87. The minimum absolute atomic E-state index is 0.767. The van der Waals surface area contributed by atoms with Gasteiger partial charge in [-0.25, -0.2) is 0 Å². The molecule has 10 nitrogen and oxygen atoms in total. The van der Waals surface area contributed by atoms with Crippen LogP contribution in [-0.2, 0) is 0 Å². The zero-order valence-corrected chi connectivity index (χ0v) is 19.4. The van der Waals surface area contributed by atoms with Crippen LogP contribution in [0.1, 0.15) is 12.8 Å². The topological polar surface area (TPSA) is 80.9 Å². The van der Waals surface area contributed by atoms with Crippen LogP contribution >= 0.6 is 0 Å². The van der Waals surface area contributed by atoms with Gasteiger partial charge in [0, 0.05) is 26.2 Å². The molecule has 10 heteroatoms. The Morgan fingerprint density at radius 1 is 0.636 bits per heavy atom. The Bertz CT molecular complexity index is 844. The minimum Gasteiger partial charge on any atom is -0.497 e. The van der Waals surface area contributed by atoms with Crippen molar-refractivity contribution in [1.82, 2.24) is 19.8 Å². The van der Waals surface area contributed by atoms with Crippen LogP contribution in [0.2, 0.25) is 0 Å². The standard InChI is InChI=1S/C23H32N8O2/c1-32-22-9-5-20(6-10-22)24-26-30-15-3-13-28(18-30)17-29-14-4-16-31(19-29)27-25-21-7-11-23(33-2)12-8-21/h5-12H,3-4,13-19H2,1-2H3. The van der Waals surface area contributed by atoms with Gasteiger partial charge in [-0.1, -0.05) is 10.4 Å². The summed E-state index contributed by atoms with van der Waals surface area (Å²) in [4.78, 5) is 4.81. The molecule has 33 heavy (non-hydrogen) atoms. The highest BCUT2D eigenvalue weighted by atomic mass is 16.5. The molecule has 0 aliphatic carbocycles. The van der Waals surface area contributed by atoms with Crippen molar-refractivity contribution in [1.29, 1.82) is 0 Å². The summed E-state index contributed by atoms with van der Waals surface area (Å²) in [6.45, 7) is 6.35. The van der Waals surface area contributed by atoms with Crippen molar-refractivity contribution >= 4 is 11.4 Å². The first-order valence-corrected chi connectivity index (χ1v) is 11.3. The molecule has 0 aromatic heterocycles. The summed E-state index contributed by atoms with van der Waals surface area (Å²) in [6, 6.07) is 15.2. The fourth-order valence-electron chi connectivity index (χ4n) is 3.89. The maximum atomic E-state index is 5.19. The highest BCUT2D eigenvalue weighted by Crippen LogP contribution is 2.20. The highest BCUT2D eigenvalue weighted by Gasteiger charge is 2.22. The van der Waals surface area contributed by atoms with Gasteiger partial charge in [0.1, 0.15) is 11.5 Å². The summed E-state index contributed by atoms with van der Waals surface area (Å²) in [5.74, 6) is 1.63. The van der Waals surface area contributed by atoms with Crippen LogP contribution in [-0.4, -0.2) is 80.2 Å². The number of hydrogen-bond acceptors (Lipinski definition) is 8. The molecule has 2 fully saturated rings. The second-order valence-electron chi connectivity index (χ2n) is 8.16. The largest absolute Gasteiger partial charge is 0.497 e. The van der Waals surface area contributed by atoms with Crippen molar-refractivity contribution in [3.8, 4) is 11.5 Å². The third-order valence-electron chi connectivity index (χ3n) is 5.63. The van der Waals surface area contributed by atoms with Gasteiger partial charge in [-0.15, -0.1) is 10.2 Å². The fraction of sp³-hybridized carbons (Fsp3) is 0.478. The first-order chi connectivity index (χ1) is 16.2. The van der Waals surface area contributed by atoms with Crippen molar-refractivity contribution in [3.05, 3.63) is 48.5 Å². The van der Waals surface area contributed by atoms with Crippen LogP contribution < -0.4 is 9.47 Å². The van der Waals surface area contributed by atoms with Crippen molar-refractivity contribution in [2.24, 2.45) is 20.7 Å². The van der Waals surface area contributed by atoms with E-state index < -0.39 is 0 Å². The molecule has 2 aliphatic rings. The number of hydrogen-bond donors (Lipinski definition) is 0.